The van der Waals surface area contributed by atoms with E-state index in [1.165, 1.54) is 3.57 Å². The van der Waals surface area contributed by atoms with Crippen molar-refractivity contribution in [2.75, 3.05) is 0 Å². The number of hydrogen-bond donors (Lipinski definition) is 2. The van der Waals surface area contributed by atoms with Crippen LogP contribution in [0.25, 0.3) is 0 Å². The first kappa shape index (κ1) is 31.1. The van der Waals surface area contributed by atoms with Gasteiger partial charge in [-0.25, -0.2) is 0 Å². The summed E-state index contributed by atoms with van der Waals surface area (Å²) in [4.78, 5) is 11.8. The Kier molecular flexibility index (Phi) is 16.2. The summed E-state index contributed by atoms with van der Waals surface area (Å²) in [5.41, 5.74) is 4.04. The van der Waals surface area contributed by atoms with Crippen LogP contribution < -0.4 is 0 Å². The quantitative estimate of drug-likeness (QED) is 0.102. The summed E-state index contributed by atoms with van der Waals surface area (Å²) in [5, 5.41) is 17.5. The summed E-state index contributed by atoms with van der Waals surface area (Å²) >= 11 is 2.23. The van der Waals surface area contributed by atoms with E-state index in [4.69, 9.17) is 21.3 Å². The molecule has 0 amide bonds. The Hall–Kier alpha value is -3.94. The molecule has 37 heavy (non-hydrogen) atoms. The molecule has 0 aliphatic rings. The molecule has 0 saturated heterocycles. The third kappa shape index (κ3) is 13.1. The molecule has 0 spiro atoms. The fourth-order valence-electron chi connectivity index (χ4n) is 2.61. The van der Waals surface area contributed by atoms with Gasteiger partial charge in [-0.05, 0) is 76.0 Å². The molecule has 0 aliphatic carbocycles. The molecule has 0 heterocycles. The van der Waals surface area contributed by atoms with Gasteiger partial charge in [0.15, 0.2) is 0 Å². The molecule has 184 valence electrons. The van der Waals surface area contributed by atoms with Crippen molar-refractivity contribution in [3.05, 3.63) is 147 Å². The van der Waals surface area contributed by atoms with Crippen LogP contribution in [0.2, 0.25) is 0 Å². The number of terminal acetylenes is 1. The summed E-state index contributed by atoms with van der Waals surface area (Å²) in [6.45, 7) is 4.61. The Labute approximate surface area is 231 Å². The van der Waals surface area contributed by atoms with E-state index in [9.17, 15) is 4.79 Å². The average molecular weight is 600 g/mol. The molecule has 4 rings (SSSR count). The monoisotopic (exact) mass is 600 g/mol. The number of halogens is 1. The van der Waals surface area contributed by atoms with Crippen LogP contribution in [0.1, 0.15) is 32.6 Å². The predicted octanol–water partition coefficient (Wildman–Crippen LogP) is 5.83. The molecule has 0 atom stereocenters. The number of hydrogen-bond acceptors (Lipinski definition) is 3. The van der Waals surface area contributed by atoms with E-state index in [1.807, 2.05) is 84.9 Å². The fourth-order valence-corrected chi connectivity index (χ4v) is 2.97. The molecular formula is C32H25IO4. The number of benzene rings is 4. The van der Waals surface area contributed by atoms with E-state index < -0.39 is 0 Å². The van der Waals surface area contributed by atoms with Crippen molar-refractivity contribution in [3.63, 3.8) is 0 Å². The Balaban J connectivity index is 0.000000301. The Morgan fingerprint density at radius 3 is 1.57 bits per heavy atom. The van der Waals surface area contributed by atoms with Crippen LogP contribution in [0.5, 0.6) is 0 Å². The standard InChI is InChI=1S/C16H12O2.C8H6.C7H7IO.CO/c17-12-14-6-9-15(10-7-14)16(18)11-8-13-4-2-1-3-5-13;1-2-8-6-4-3-5-7-8;8-7-3-1-6(5-9)2-4-7;1-2/h1-7,9-10,17H,12H2;1,3-7H;1-4,9H,5H2;. The molecule has 0 unspecified atom stereocenters. The van der Waals surface area contributed by atoms with E-state index in [-0.39, 0.29) is 19.0 Å². The molecule has 0 aromatic heterocycles. The van der Waals surface area contributed by atoms with Gasteiger partial charge in [-0.15, -0.1) is 6.42 Å². The third-order valence-corrected chi connectivity index (χ3v) is 5.25. The molecule has 0 aliphatic heterocycles. The van der Waals surface area contributed by atoms with Gasteiger partial charge in [-0.3, -0.25) is 4.79 Å². The zero-order valence-corrected chi connectivity index (χ0v) is 22.1. The van der Waals surface area contributed by atoms with Gasteiger partial charge in [0.1, 0.15) is 0 Å². The van der Waals surface area contributed by atoms with Crippen molar-refractivity contribution in [2.45, 2.75) is 13.2 Å². The van der Waals surface area contributed by atoms with Crippen LogP contribution in [0.4, 0.5) is 0 Å². The maximum atomic E-state index is 11.8. The Morgan fingerprint density at radius 1 is 0.730 bits per heavy atom. The number of ketones is 1. The van der Waals surface area contributed by atoms with Gasteiger partial charge in [-0.2, -0.15) is 0 Å². The van der Waals surface area contributed by atoms with Gasteiger partial charge in [0, 0.05) is 20.3 Å². The van der Waals surface area contributed by atoms with Gasteiger partial charge in [0.25, 0.3) is 0 Å². The zero-order valence-electron chi connectivity index (χ0n) is 20.0. The van der Waals surface area contributed by atoms with Crippen LogP contribution >= 0.6 is 22.6 Å². The Bertz CT molecular complexity index is 1310. The molecule has 0 fully saturated rings. The summed E-state index contributed by atoms with van der Waals surface area (Å²) in [7, 11) is 0. The molecule has 5 heteroatoms. The van der Waals surface area contributed by atoms with Crippen LogP contribution in [0.3, 0.4) is 0 Å². The van der Waals surface area contributed by atoms with Gasteiger partial charge in [-0.1, -0.05) is 84.6 Å². The second-order valence-corrected chi connectivity index (χ2v) is 8.34. The predicted molar refractivity (Wildman–Crippen MR) is 153 cm³/mol. The van der Waals surface area contributed by atoms with E-state index >= 15 is 0 Å². The first-order valence-corrected chi connectivity index (χ1v) is 12.0. The number of aliphatic hydroxyl groups is 2. The molecule has 0 saturated carbocycles. The minimum absolute atomic E-state index is 0.0236. The first-order valence-electron chi connectivity index (χ1n) is 10.9. The number of aliphatic hydroxyl groups excluding tert-OH is 2. The van der Waals surface area contributed by atoms with Gasteiger partial charge >= 0.3 is 11.3 Å². The van der Waals surface area contributed by atoms with Gasteiger partial charge < -0.3 is 10.2 Å². The van der Waals surface area contributed by atoms with Crippen molar-refractivity contribution in [2.24, 2.45) is 0 Å². The summed E-state index contributed by atoms with van der Waals surface area (Å²) in [5.74, 6) is 7.73. The number of Topliss-reactive ketones (excluding diaryl/α,β-unsaturated/α-hetero) is 1. The van der Waals surface area contributed by atoms with Crippen LogP contribution in [-0.2, 0) is 17.9 Å². The average Bonchev–Trinajstić information content (AvgIpc) is 2.99. The second kappa shape index (κ2) is 19.3. The summed E-state index contributed by atoms with van der Waals surface area (Å²) in [6, 6.07) is 33.6. The van der Waals surface area contributed by atoms with Crippen LogP contribution in [0, 0.1) is 34.4 Å². The van der Waals surface area contributed by atoms with E-state index in [1.54, 1.807) is 24.3 Å². The zero-order chi connectivity index (χ0) is 27.3. The summed E-state index contributed by atoms with van der Waals surface area (Å²) < 4.78 is 8.70. The van der Waals surface area contributed by atoms with E-state index in [2.05, 4.69) is 47.0 Å². The third-order valence-electron chi connectivity index (χ3n) is 4.53. The first-order chi connectivity index (χ1) is 18.0. The summed E-state index contributed by atoms with van der Waals surface area (Å²) in [6.07, 6.45) is 5.10. The second-order valence-electron chi connectivity index (χ2n) is 7.10. The normalized spacial score (nSPS) is 8.65. The van der Waals surface area contributed by atoms with Crippen molar-refractivity contribution in [1.82, 2.24) is 0 Å². The molecule has 2 N–H and O–H groups in total. The van der Waals surface area contributed by atoms with Crippen molar-refractivity contribution >= 4 is 28.4 Å². The molecular weight excluding hydrogens is 575 g/mol. The molecule has 0 bridgehead atoms. The minimum atomic E-state index is -0.219. The van der Waals surface area contributed by atoms with Crippen LogP contribution in [-0.4, -0.2) is 16.0 Å². The van der Waals surface area contributed by atoms with Crippen LogP contribution in [0.15, 0.2) is 109 Å². The Morgan fingerprint density at radius 2 is 1.16 bits per heavy atom. The molecule has 4 nitrogen and oxygen atoms in total. The van der Waals surface area contributed by atoms with E-state index in [0.29, 0.717) is 5.56 Å². The number of rotatable bonds is 3. The molecule has 4 aromatic carbocycles. The molecule has 4 aromatic rings. The fraction of sp³-hybridized carbons (Fsp3) is 0.0625. The van der Waals surface area contributed by atoms with E-state index in [0.717, 1.165) is 22.3 Å². The SMILES string of the molecule is C#Cc1ccccc1.O=C(C#Cc1ccccc1)c1ccc(CO)cc1.OCc1ccc(I)cc1.[C-]#[O+]. The maximum absolute atomic E-state index is 11.8. The number of carbonyl (C=O) groups is 1. The van der Waals surface area contributed by atoms with Crippen molar-refractivity contribution in [3.8, 4) is 24.2 Å². The van der Waals surface area contributed by atoms with Gasteiger partial charge in [0.05, 0.1) is 13.2 Å². The molecule has 0 radical (unpaired) electrons. The topological polar surface area (TPSA) is 77.4 Å². The van der Waals surface area contributed by atoms with Crippen molar-refractivity contribution < 1.29 is 19.7 Å². The van der Waals surface area contributed by atoms with Gasteiger partial charge in [0.2, 0.25) is 5.78 Å². The number of carbonyl (C=O) groups excluding carboxylic acids is 1. The van der Waals surface area contributed by atoms with Crippen molar-refractivity contribution in [1.29, 1.82) is 0 Å².